The van der Waals surface area contributed by atoms with E-state index in [0.717, 1.165) is 11.3 Å². The van der Waals surface area contributed by atoms with Crippen LogP contribution in [0.4, 0.5) is 11.6 Å². The van der Waals surface area contributed by atoms with Gasteiger partial charge in [0.2, 0.25) is 0 Å². The standard InChI is InChI=1S/C24H17Cl2N3O3/c25-17-3-1-4-18(26)20(17)23(31)27-16-8-6-14(7-9-16)22(30)21-19-5-2-11-29(19)13-15-10-12-32-24(15)28-21/h1-12,21,28H,13H2,(H,27,31). The molecule has 0 fully saturated rings. The molecule has 0 bridgehead atoms. The summed E-state index contributed by atoms with van der Waals surface area (Å²) >= 11 is 12.2. The summed E-state index contributed by atoms with van der Waals surface area (Å²) in [4.78, 5) is 25.9. The largest absolute Gasteiger partial charge is 0.449 e. The van der Waals surface area contributed by atoms with Gasteiger partial charge in [0.15, 0.2) is 11.7 Å². The molecule has 2 N–H and O–H groups in total. The summed E-state index contributed by atoms with van der Waals surface area (Å²) in [6.07, 6.45) is 3.55. The first-order valence-corrected chi connectivity index (χ1v) is 10.6. The maximum atomic E-state index is 13.3. The fourth-order valence-electron chi connectivity index (χ4n) is 3.80. The Labute approximate surface area is 193 Å². The van der Waals surface area contributed by atoms with Crippen LogP contribution < -0.4 is 10.6 Å². The van der Waals surface area contributed by atoms with Crippen LogP contribution in [0, 0.1) is 0 Å². The predicted molar refractivity (Wildman–Crippen MR) is 124 cm³/mol. The van der Waals surface area contributed by atoms with Crippen molar-refractivity contribution in [3.05, 3.63) is 106 Å². The Hall–Kier alpha value is -3.48. The fourth-order valence-corrected chi connectivity index (χ4v) is 4.37. The second kappa shape index (κ2) is 8.22. The van der Waals surface area contributed by atoms with Gasteiger partial charge in [-0.3, -0.25) is 9.59 Å². The lowest BCUT2D eigenvalue weighted by molar-refractivity contribution is 0.0965. The second-order valence-corrected chi connectivity index (χ2v) is 8.22. The van der Waals surface area contributed by atoms with Crippen LogP contribution in [-0.2, 0) is 6.54 Å². The Bertz CT molecular complexity index is 1300. The van der Waals surface area contributed by atoms with E-state index in [2.05, 4.69) is 10.6 Å². The summed E-state index contributed by atoms with van der Waals surface area (Å²) in [6, 6.07) is 16.7. The Morgan fingerprint density at radius 2 is 1.75 bits per heavy atom. The van der Waals surface area contributed by atoms with Gasteiger partial charge in [-0.05, 0) is 54.6 Å². The summed E-state index contributed by atoms with van der Waals surface area (Å²) in [5.41, 5.74) is 3.06. The zero-order valence-electron chi connectivity index (χ0n) is 16.6. The van der Waals surface area contributed by atoms with E-state index in [1.165, 1.54) is 0 Å². The summed E-state index contributed by atoms with van der Waals surface area (Å²) in [7, 11) is 0. The van der Waals surface area contributed by atoms with Crippen LogP contribution in [-0.4, -0.2) is 16.3 Å². The summed E-state index contributed by atoms with van der Waals surface area (Å²) in [6.45, 7) is 0.626. The first-order valence-electron chi connectivity index (χ1n) is 9.89. The van der Waals surface area contributed by atoms with Gasteiger partial charge >= 0.3 is 0 Å². The highest BCUT2D eigenvalue weighted by Gasteiger charge is 2.29. The van der Waals surface area contributed by atoms with Crippen molar-refractivity contribution in [3.8, 4) is 0 Å². The topological polar surface area (TPSA) is 76.3 Å². The number of aromatic nitrogens is 1. The minimum absolute atomic E-state index is 0.110. The van der Waals surface area contributed by atoms with E-state index in [0.29, 0.717) is 23.7 Å². The number of halogens is 2. The van der Waals surface area contributed by atoms with E-state index in [1.54, 1.807) is 48.7 Å². The minimum atomic E-state index is -0.597. The van der Waals surface area contributed by atoms with E-state index in [4.69, 9.17) is 27.6 Å². The predicted octanol–water partition coefficient (Wildman–Crippen LogP) is 6.04. The van der Waals surface area contributed by atoms with E-state index in [-0.39, 0.29) is 21.4 Å². The molecule has 4 aromatic rings. The number of hydrogen-bond donors (Lipinski definition) is 2. The second-order valence-electron chi connectivity index (χ2n) is 7.41. The number of rotatable bonds is 4. The molecular weight excluding hydrogens is 449 g/mol. The van der Waals surface area contributed by atoms with Crippen molar-refractivity contribution in [1.29, 1.82) is 0 Å². The molecule has 1 aliphatic heterocycles. The highest BCUT2D eigenvalue weighted by Crippen LogP contribution is 2.32. The number of fused-ring (bicyclic) bond motifs is 2. The molecule has 0 saturated carbocycles. The highest BCUT2D eigenvalue weighted by molar-refractivity contribution is 6.40. The van der Waals surface area contributed by atoms with Crippen LogP contribution in [0.2, 0.25) is 10.0 Å². The van der Waals surface area contributed by atoms with Crippen molar-refractivity contribution in [1.82, 2.24) is 4.57 Å². The van der Waals surface area contributed by atoms with Gasteiger partial charge in [-0.2, -0.15) is 0 Å². The third-order valence-electron chi connectivity index (χ3n) is 5.40. The van der Waals surface area contributed by atoms with Gasteiger partial charge in [0, 0.05) is 28.7 Å². The Balaban J connectivity index is 1.38. The number of carbonyl (C=O) groups excluding carboxylic acids is 2. The lowest BCUT2D eigenvalue weighted by Crippen LogP contribution is -2.22. The smallest absolute Gasteiger partial charge is 0.258 e. The summed E-state index contributed by atoms with van der Waals surface area (Å²) < 4.78 is 7.56. The Kier molecular flexibility index (Phi) is 5.25. The van der Waals surface area contributed by atoms with E-state index < -0.39 is 11.9 Å². The van der Waals surface area contributed by atoms with Crippen molar-refractivity contribution in [3.63, 3.8) is 0 Å². The monoisotopic (exact) mass is 465 g/mol. The molecule has 0 aliphatic carbocycles. The van der Waals surface area contributed by atoms with Crippen molar-refractivity contribution in [2.75, 3.05) is 10.6 Å². The first-order chi connectivity index (χ1) is 15.5. The normalized spacial score (nSPS) is 14.6. The van der Waals surface area contributed by atoms with Crippen molar-refractivity contribution >= 4 is 46.5 Å². The molecule has 1 atom stereocenters. The minimum Gasteiger partial charge on any atom is -0.449 e. The van der Waals surface area contributed by atoms with Gasteiger partial charge in [0.1, 0.15) is 6.04 Å². The molecule has 1 aliphatic rings. The molecule has 3 heterocycles. The molecule has 0 spiro atoms. The maximum absolute atomic E-state index is 13.3. The lowest BCUT2D eigenvalue weighted by atomic mass is 10.0. The van der Waals surface area contributed by atoms with Gasteiger partial charge in [0.25, 0.3) is 5.91 Å². The van der Waals surface area contributed by atoms with Crippen LogP contribution in [0.25, 0.3) is 0 Å². The molecule has 6 nitrogen and oxygen atoms in total. The molecule has 1 unspecified atom stereocenters. The van der Waals surface area contributed by atoms with Crippen LogP contribution in [0.1, 0.15) is 38.0 Å². The lowest BCUT2D eigenvalue weighted by Gasteiger charge is -2.17. The SMILES string of the molecule is O=C(Nc1ccc(C(=O)C2Nc3occc3Cn3cccc32)cc1)c1c(Cl)cccc1Cl. The number of benzene rings is 2. The average molecular weight is 466 g/mol. The zero-order valence-corrected chi connectivity index (χ0v) is 18.2. The van der Waals surface area contributed by atoms with Crippen molar-refractivity contribution in [2.45, 2.75) is 12.6 Å². The number of ketones is 1. The molecule has 0 radical (unpaired) electrons. The van der Waals surface area contributed by atoms with Gasteiger partial charge < -0.3 is 19.6 Å². The molecule has 32 heavy (non-hydrogen) atoms. The van der Waals surface area contributed by atoms with Crippen LogP contribution in [0.5, 0.6) is 0 Å². The van der Waals surface area contributed by atoms with Crippen LogP contribution in [0.15, 0.2) is 77.5 Å². The highest BCUT2D eigenvalue weighted by atomic mass is 35.5. The van der Waals surface area contributed by atoms with E-state index in [1.807, 2.05) is 29.0 Å². The number of nitrogens with zero attached hydrogens (tertiary/aromatic N) is 1. The summed E-state index contributed by atoms with van der Waals surface area (Å²) in [5, 5.41) is 6.52. The average Bonchev–Trinajstić information content (AvgIpc) is 3.39. The van der Waals surface area contributed by atoms with Gasteiger partial charge in [-0.15, -0.1) is 0 Å². The number of furan rings is 1. The molecule has 5 rings (SSSR count). The Morgan fingerprint density at radius 1 is 1.00 bits per heavy atom. The zero-order chi connectivity index (χ0) is 22.2. The first kappa shape index (κ1) is 20.4. The van der Waals surface area contributed by atoms with E-state index in [9.17, 15) is 9.59 Å². The number of hydrogen-bond acceptors (Lipinski definition) is 4. The van der Waals surface area contributed by atoms with Crippen molar-refractivity contribution in [2.24, 2.45) is 0 Å². The number of amides is 1. The third-order valence-corrected chi connectivity index (χ3v) is 6.03. The summed E-state index contributed by atoms with van der Waals surface area (Å²) in [5.74, 6) is 0.0575. The number of anilines is 2. The quantitative estimate of drug-likeness (QED) is 0.360. The van der Waals surface area contributed by atoms with Gasteiger partial charge in [-0.1, -0.05) is 29.3 Å². The molecule has 8 heteroatoms. The third kappa shape index (κ3) is 3.68. The number of nitrogens with one attached hydrogen (secondary N) is 2. The van der Waals surface area contributed by atoms with Crippen LogP contribution in [0.3, 0.4) is 0 Å². The fraction of sp³-hybridized carbons (Fsp3) is 0.0833. The molecular formula is C24H17Cl2N3O3. The molecule has 160 valence electrons. The molecule has 1 amide bonds. The Morgan fingerprint density at radius 3 is 2.50 bits per heavy atom. The molecule has 0 saturated heterocycles. The van der Waals surface area contributed by atoms with Gasteiger partial charge in [0.05, 0.1) is 28.4 Å². The van der Waals surface area contributed by atoms with Crippen LogP contribution >= 0.6 is 23.2 Å². The number of Topliss-reactive ketones (excluding diaryl/α,β-unsaturated/α-hetero) is 1. The molecule has 2 aromatic carbocycles. The van der Waals surface area contributed by atoms with Gasteiger partial charge in [-0.25, -0.2) is 0 Å². The van der Waals surface area contributed by atoms with Crippen molar-refractivity contribution < 1.29 is 14.0 Å². The maximum Gasteiger partial charge on any atom is 0.258 e. The number of carbonyl (C=O) groups is 2. The molecule has 2 aromatic heterocycles. The van der Waals surface area contributed by atoms with E-state index >= 15 is 0 Å².